The third-order valence-electron chi connectivity index (χ3n) is 7.22. The molecule has 1 spiro atoms. The van der Waals surface area contributed by atoms with Gasteiger partial charge in [0.15, 0.2) is 5.60 Å². The summed E-state index contributed by atoms with van der Waals surface area (Å²) >= 11 is 0. The molecule has 3 aromatic rings. The van der Waals surface area contributed by atoms with E-state index in [1.54, 1.807) is 0 Å². The largest absolute Gasteiger partial charge is 0.456 e. The topological polar surface area (TPSA) is 106 Å². The van der Waals surface area contributed by atoms with Crippen molar-refractivity contribution >= 4 is 35.1 Å². The number of carbonyl (C=O) groups is 4. The number of rotatable bonds is 4. The molecule has 0 saturated carbocycles. The van der Waals surface area contributed by atoms with Gasteiger partial charge in [0.05, 0.1) is 11.1 Å². The molecular weight excluding hydrogens is 502 g/mol. The predicted octanol–water partition coefficient (Wildman–Crippen LogP) is 3.61. The number of esters is 1. The SMILES string of the molecule is CN(C)c1ccc2c(c1)Oc1cc(N(C)C)ccc1C21OC(=O)c2ccc(C(=O)ON3C(=O)CCC3=O)cc21. The van der Waals surface area contributed by atoms with Crippen LogP contribution in [0.4, 0.5) is 11.4 Å². The maximum atomic E-state index is 13.3. The summed E-state index contributed by atoms with van der Waals surface area (Å²) in [5.74, 6) is -1.59. The van der Waals surface area contributed by atoms with E-state index >= 15 is 0 Å². The molecule has 0 aliphatic carbocycles. The summed E-state index contributed by atoms with van der Waals surface area (Å²) in [6.45, 7) is 0. The van der Waals surface area contributed by atoms with E-state index in [-0.39, 0.29) is 24.0 Å². The highest BCUT2D eigenvalue weighted by Crippen LogP contribution is 2.57. The molecule has 0 radical (unpaired) electrons. The van der Waals surface area contributed by atoms with Crippen molar-refractivity contribution in [3.8, 4) is 11.5 Å². The lowest BCUT2D eigenvalue weighted by Crippen LogP contribution is -2.34. The molecule has 39 heavy (non-hydrogen) atoms. The Morgan fingerprint density at radius 3 is 1.90 bits per heavy atom. The van der Waals surface area contributed by atoms with E-state index in [4.69, 9.17) is 14.3 Å². The normalized spacial score (nSPS) is 16.3. The summed E-state index contributed by atoms with van der Waals surface area (Å²) in [5.41, 5.74) is 2.34. The van der Waals surface area contributed by atoms with Gasteiger partial charge in [-0.25, -0.2) is 9.59 Å². The first-order valence-electron chi connectivity index (χ1n) is 12.4. The highest BCUT2D eigenvalue weighted by molar-refractivity contribution is 6.03. The third kappa shape index (κ3) is 3.63. The van der Waals surface area contributed by atoms with E-state index in [0.29, 0.717) is 33.3 Å². The molecule has 0 N–H and O–H groups in total. The monoisotopic (exact) mass is 527 g/mol. The first-order chi connectivity index (χ1) is 18.6. The molecule has 3 aliphatic rings. The van der Waals surface area contributed by atoms with Gasteiger partial charge in [0.2, 0.25) is 0 Å². The summed E-state index contributed by atoms with van der Waals surface area (Å²) in [7, 11) is 7.65. The predicted molar refractivity (Wildman–Crippen MR) is 140 cm³/mol. The Bertz CT molecular complexity index is 1520. The second kappa shape index (κ2) is 8.59. The van der Waals surface area contributed by atoms with Crippen molar-refractivity contribution in [3.63, 3.8) is 0 Å². The second-order valence-corrected chi connectivity index (χ2v) is 10.0. The van der Waals surface area contributed by atoms with E-state index in [0.717, 1.165) is 11.4 Å². The van der Waals surface area contributed by atoms with Gasteiger partial charge in [0.1, 0.15) is 11.5 Å². The highest BCUT2D eigenvalue weighted by atomic mass is 16.7. The Hall–Kier alpha value is -4.86. The molecule has 0 bridgehead atoms. The van der Waals surface area contributed by atoms with Gasteiger partial charge in [-0.05, 0) is 42.5 Å². The van der Waals surface area contributed by atoms with Crippen molar-refractivity contribution in [2.24, 2.45) is 0 Å². The summed E-state index contributed by atoms with van der Waals surface area (Å²) in [6, 6.07) is 15.7. The van der Waals surface area contributed by atoms with Crippen LogP contribution in [0.1, 0.15) is 50.2 Å². The lowest BCUT2D eigenvalue weighted by atomic mass is 9.77. The average Bonchev–Trinajstić information content (AvgIpc) is 3.39. The van der Waals surface area contributed by atoms with Crippen molar-refractivity contribution in [1.29, 1.82) is 0 Å². The molecule has 2 amide bonds. The lowest BCUT2D eigenvalue weighted by Gasteiger charge is -2.37. The number of carbonyl (C=O) groups excluding carboxylic acids is 4. The first kappa shape index (κ1) is 24.5. The minimum Gasteiger partial charge on any atom is -0.456 e. The molecule has 10 nitrogen and oxygen atoms in total. The number of hydroxylamine groups is 2. The van der Waals surface area contributed by atoms with Crippen molar-refractivity contribution in [3.05, 3.63) is 82.4 Å². The van der Waals surface area contributed by atoms with E-state index in [2.05, 4.69) is 0 Å². The van der Waals surface area contributed by atoms with Crippen LogP contribution in [0.15, 0.2) is 54.6 Å². The van der Waals surface area contributed by atoms with Gasteiger partial charge in [0, 0.05) is 81.2 Å². The van der Waals surface area contributed by atoms with Crippen LogP contribution in [0.5, 0.6) is 11.5 Å². The average molecular weight is 528 g/mol. The van der Waals surface area contributed by atoms with Gasteiger partial charge >= 0.3 is 11.9 Å². The molecule has 3 heterocycles. The highest BCUT2D eigenvalue weighted by Gasteiger charge is 2.54. The van der Waals surface area contributed by atoms with Gasteiger partial charge in [-0.1, -0.05) is 0 Å². The van der Waals surface area contributed by atoms with Gasteiger partial charge in [-0.2, -0.15) is 0 Å². The minimum absolute atomic E-state index is 0.0147. The van der Waals surface area contributed by atoms with E-state index < -0.39 is 29.4 Å². The van der Waals surface area contributed by atoms with Crippen molar-refractivity contribution in [1.82, 2.24) is 5.06 Å². The molecule has 10 heteroatoms. The van der Waals surface area contributed by atoms with E-state index in [1.165, 1.54) is 18.2 Å². The summed E-state index contributed by atoms with van der Waals surface area (Å²) < 4.78 is 12.6. The third-order valence-corrected chi connectivity index (χ3v) is 7.22. The maximum Gasteiger partial charge on any atom is 0.363 e. The molecule has 0 unspecified atom stereocenters. The van der Waals surface area contributed by atoms with E-state index in [9.17, 15) is 19.2 Å². The Labute approximate surface area is 224 Å². The molecule has 1 saturated heterocycles. The number of ether oxygens (including phenoxy) is 2. The molecule has 1 fully saturated rings. The molecule has 3 aliphatic heterocycles. The van der Waals surface area contributed by atoms with Crippen LogP contribution in [0, 0.1) is 0 Å². The second-order valence-electron chi connectivity index (χ2n) is 10.0. The number of benzene rings is 3. The Morgan fingerprint density at radius 2 is 1.36 bits per heavy atom. The summed E-state index contributed by atoms with van der Waals surface area (Å²) in [6.07, 6.45) is -0.0294. The van der Waals surface area contributed by atoms with Crippen LogP contribution < -0.4 is 14.5 Å². The number of hydrogen-bond acceptors (Lipinski definition) is 9. The van der Waals surface area contributed by atoms with Gasteiger partial charge in [0.25, 0.3) is 11.8 Å². The lowest BCUT2D eigenvalue weighted by molar-refractivity contribution is -0.172. The van der Waals surface area contributed by atoms with Gasteiger partial charge < -0.3 is 24.1 Å². The number of fused-ring (bicyclic) bond motifs is 6. The minimum atomic E-state index is -1.40. The fourth-order valence-electron chi connectivity index (χ4n) is 5.18. The molecular formula is C29H25N3O7. The Morgan fingerprint density at radius 1 is 0.795 bits per heavy atom. The molecule has 0 atom stereocenters. The molecule has 6 rings (SSSR count). The number of anilines is 2. The number of imide groups is 1. The zero-order valence-corrected chi connectivity index (χ0v) is 21.8. The van der Waals surface area contributed by atoms with Crippen LogP contribution in [0.3, 0.4) is 0 Å². The van der Waals surface area contributed by atoms with Gasteiger partial charge in [-0.3, -0.25) is 9.59 Å². The number of hydrogen-bond donors (Lipinski definition) is 0. The fourth-order valence-corrected chi connectivity index (χ4v) is 5.18. The number of amides is 2. The van der Waals surface area contributed by atoms with Crippen LogP contribution >= 0.6 is 0 Å². The van der Waals surface area contributed by atoms with Crippen molar-refractivity contribution in [2.45, 2.75) is 18.4 Å². The van der Waals surface area contributed by atoms with Crippen LogP contribution in [0.2, 0.25) is 0 Å². The zero-order valence-electron chi connectivity index (χ0n) is 21.8. The maximum absolute atomic E-state index is 13.3. The van der Waals surface area contributed by atoms with Crippen molar-refractivity contribution < 1.29 is 33.5 Å². The quantitative estimate of drug-likeness (QED) is 0.372. The smallest absolute Gasteiger partial charge is 0.363 e. The summed E-state index contributed by atoms with van der Waals surface area (Å²) in [5, 5.41) is 0.498. The van der Waals surface area contributed by atoms with E-state index in [1.807, 2.05) is 74.4 Å². The van der Waals surface area contributed by atoms with Crippen LogP contribution in [-0.2, 0) is 24.8 Å². The first-order valence-corrected chi connectivity index (χ1v) is 12.4. The molecule has 198 valence electrons. The summed E-state index contributed by atoms with van der Waals surface area (Å²) in [4.78, 5) is 59.3. The molecule has 0 aromatic heterocycles. The standard InChI is InChI=1S/C29H25N3O7/c1-30(2)17-6-9-20-23(14-17)37-24-15-18(31(3)4)7-10-21(24)29(20)22-13-16(5-8-19(22)28(36)38-29)27(35)39-32-25(33)11-12-26(32)34/h5-10,13-15H,11-12H2,1-4H3. The Kier molecular flexibility index (Phi) is 5.39. The van der Waals surface area contributed by atoms with Crippen LogP contribution in [0.25, 0.3) is 0 Å². The Balaban J connectivity index is 1.53. The zero-order chi connectivity index (χ0) is 27.6. The van der Waals surface area contributed by atoms with Crippen LogP contribution in [-0.4, -0.2) is 57.0 Å². The fraction of sp³-hybridized carbons (Fsp3) is 0.241. The van der Waals surface area contributed by atoms with Crippen molar-refractivity contribution in [2.75, 3.05) is 38.0 Å². The van der Waals surface area contributed by atoms with Gasteiger partial charge in [-0.15, -0.1) is 5.06 Å². The number of nitrogens with zero attached hydrogens (tertiary/aromatic N) is 3. The molecule has 3 aromatic carbocycles.